The van der Waals surface area contributed by atoms with Gasteiger partial charge in [0.05, 0.1) is 5.60 Å². The third kappa shape index (κ3) is 13.4. The van der Waals surface area contributed by atoms with Crippen molar-refractivity contribution in [1.82, 2.24) is 15.3 Å². The maximum atomic E-state index is 12.3. The van der Waals surface area contributed by atoms with Gasteiger partial charge in [0.2, 0.25) is 11.8 Å². The van der Waals surface area contributed by atoms with Crippen LogP contribution in [0.4, 0.5) is 0 Å². The topological polar surface area (TPSA) is 72.9 Å². The summed E-state index contributed by atoms with van der Waals surface area (Å²) in [6.45, 7) is 17.1. The van der Waals surface area contributed by atoms with Gasteiger partial charge in [-0.15, -0.1) is 0 Å². The summed E-state index contributed by atoms with van der Waals surface area (Å²) in [4.78, 5) is 24.6. The molecule has 6 heteroatoms. The molecule has 1 heterocycles. The van der Waals surface area contributed by atoms with Crippen LogP contribution in [0.1, 0.15) is 126 Å². The van der Waals surface area contributed by atoms with E-state index >= 15 is 0 Å². The van der Waals surface area contributed by atoms with Gasteiger partial charge in [0.1, 0.15) is 0 Å². The SMILES string of the molecule is CCCCCC(C)(O)CCN1C(=O)CCN1CCCCCCC(=O)NC(C)(C)CC(C)(C)C. The molecule has 0 aromatic carbocycles. The second kappa shape index (κ2) is 13.7. The molecule has 0 bridgehead atoms. The fraction of sp³-hybridized carbons (Fsp3) is 0.926. The average molecular weight is 468 g/mol. The molecule has 0 radical (unpaired) electrons. The molecule has 194 valence electrons. The molecule has 1 aliphatic heterocycles. The van der Waals surface area contributed by atoms with Crippen LogP contribution in [-0.2, 0) is 9.59 Å². The van der Waals surface area contributed by atoms with Gasteiger partial charge >= 0.3 is 0 Å². The Morgan fingerprint density at radius 2 is 1.61 bits per heavy atom. The van der Waals surface area contributed by atoms with Crippen molar-refractivity contribution in [3.8, 4) is 0 Å². The lowest BCUT2D eigenvalue weighted by Gasteiger charge is -2.33. The second-order valence-electron chi connectivity index (χ2n) is 12.3. The lowest BCUT2D eigenvalue weighted by atomic mass is 9.81. The summed E-state index contributed by atoms with van der Waals surface area (Å²) in [5, 5.41) is 17.8. The van der Waals surface area contributed by atoms with E-state index in [1.54, 1.807) is 0 Å². The van der Waals surface area contributed by atoms with Crippen LogP contribution < -0.4 is 5.32 Å². The maximum Gasteiger partial charge on any atom is 0.238 e. The first-order valence-corrected chi connectivity index (χ1v) is 13.3. The Balaban J connectivity index is 2.26. The molecule has 33 heavy (non-hydrogen) atoms. The standard InChI is InChI=1S/C27H53N3O3/c1-8-9-13-17-27(7,33)18-21-30-24(32)16-20-29(30)19-14-11-10-12-15-23(31)28-26(5,6)22-25(2,3)4/h33H,8-22H2,1-7H3,(H,28,31). The van der Waals surface area contributed by atoms with Gasteiger partial charge in [-0.05, 0) is 58.3 Å². The van der Waals surface area contributed by atoms with Crippen molar-refractivity contribution in [2.45, 2.75) is 137 Å². The van der Waals surface area contributed by atoms with E-state index in [0.717, 1.165) is 70.9 Å². The summed E-state index contributed by atoms with van der Waals surface area (Å²) in [6, 6.07) is 0. The highest BCUT2D eigenvalue weighted by molar-refractivity contribution is 5.77. The Hall–Kier alpha value is -1.14. The molecule has 0 aliphatic carbocycles. The smallest absolute Gasteiger partial charge is 0.238 e. The Labute approximate surface area is 203 Å². The molecule has 1 aliphatic rings. The van der Waals surface area contributed by atoms with E-state index in [9.17, 15) is 14.7 Å². The molecule has 1 rings (SSSR count). The summed E-state index contributed by atoms with van der Waals surface area (Å²) in [6.07, 6.45) is 10.9. The van der Waals surface area contributed by atoms with E-state index in [1.807, 2.05) is 11.9 Å². The zero-order valence-corrected chi connectivity index (χ0v) is 22.8. The van der Waals surface area contributed by atoms with Gasteiger partial charge < -0.3 is 10.4 Å². The van der Waals surface area contributed by atoms with Crippen molar-refractivity contribution in [2.24, 2.45) is 5.41 Å². The summed E-state index contributed by atoms with van der Waals surface area (Å²) < 4.78 is 0. The molecule has 0 saturated carbocycles. The van der Waals surface area contributed by atoms with Crippen molar-refractivity contribution in [1.29, 1.82) is 0 Å². The lowest BCUT2D eigenvalue weighted by Crippen LogP contribution is -2.45. The highest BCUT2D eigenvalue weighted by Gasteiger charge is 2.31. The minimum atomic E-state index is -0.703. The molecular weight excluding hydrogens is 414 g/mol. The molecule has 6 nitrogen and oxygen atoms in total. The number of hydrogen-bond donors (Lipinski definition) is 2. The van der Waals surface area contributed by atoms with Crippen molar-refractivity contribution in [3.05, 3.63) is 0 Å². The third-order valence-electron chi connectivity index (χ3n) is 6.41. The molecule has 1 saturated heterocycles. The first kappa shape index (κ1) is 29.9. The molecule has 1 fully saturated rings. The maximum absolute atomic E-state index is 12.3. The van der Waals surface area contributed by atoms with Crippen LogP contribution in [0.25, 0.3) is 0 Å². The van der Waals surface area contributed by atoms with Crippen LogP contribution in [-0.4, -0.2) is 57.7 Å². The minimum Gasteiger partial charge on any atom is -0.390 e. The number of carbonyl (C=O) groups is 2. The van der Waals surface area contributed by atoms with Crippen LogP contribution in [0.15, 0.2) is 0 Å². The van der Waals surface area contributed by atoms with Gasteiger partial charge in [-0.2, -0.15) is 0 Å². The van der Waals surface area contributed by atoms with Crippen LogP contribution in [0.2, 0.25) is 0 Å². The quantitative estimate of drug-likeness (QED) is 0.297. The van der Waals surface area contributed by atoms with Gasteiger partial charge in [-0.25, -0.2) is 5.01 Å². The van der Waals surface area contributed by atoms with Crippen molar-refractivity contribution >= 4 is 11.8 Å². The molecule has 0 spiro atoms. The largest absolute Gasteiger partial charge is 0.390 e. The Bertz CT molecular complexity index is 596. The Morgan fingerprint density at radius 3 is 2.24 bits per heavy atom. The van der Waals surface area contributed by atoms with E-state index < -0.39 is 5.60 Å². The number of hydrogen-bond acceptors (Lipinski definition) is 4. The molecular formula is C27H53N3O3. The number of hydrazine groups is 1. The second-order valence-corrected chi connectivity index (χ2v) is 12.3. The van der Waals surface area contributed by atoms with Crippen molar-refractivity contribution in [3.63, 3.8) is 0 Å². The van der Waals surface area contributed by atoms with Crippen molar-refractivity contribution < 1.29 is 14.7 Å². The zero-order chi connectivity index (χ0) is 25.1. The lowest BCUT2D eigenvalue weighted by molar-refractivity contribution is -0.139. The van der Waals surface area contributed by atoms with Crippen LogP contribution >= 0.6 is 0 Å². The Morgan fingerprint density at radius 1 is 0.939 bits per heavy atom. The summed E-state index contributed by atoms with van der Waals surface area (Å²) in [5.74, 6) is 0.320. The highest BCUT2D eigenvalue weighted by atomic mass is 16.3. The number of rotatable bonds is 16. The average Bonchev–Trinajstić information content (AvgIpc) is 3.00. The van der Waals surface area contributed by atoms with Gasteiger partial charge in [0.15, 0.2) is 0 Å². The van der Waals surface area contributed by atoms with E-state index in [1.165, 1.54) is 0 Å². The summed E-state index contributed by atoms with van der Waals surface area (Å²) in [5.41, 5.74) is -0.695. The van der Waals surface area contributed by atoms with Gasteiger partial charge in [0.25, 0.3) is 0 Å². The molecule has 0 aromatic heterocycles. The van der Waals surface area contributed by atoms with Crippen LogP contribution in [0.5, 0.6) is 0 Å². The van der Waals surface area contributed by atoms with Gasteiger partial charge in [-0.1, -0.05) is 59.8 Å². The molecule has 2 amide bonds. The first-order valence-electron chi connectivity index (χ1n) is 13.3. The summed E-state index contributed by atoms with van der Waals surface area (Å²) >= 11 is 0. The minimum absolute atomic E-state index is 0.145. The van der Waals surface area contributed by atoms with Crippen LogP contribution in [0.3, 0.4) is 0 Å². The molecule has 1 unspecified atom stereocenters. The predicted molar refractivity (Wildman–Crippen MR) is 137 cm³/mol. The summed E-state index contributed by atoms with van der Waals surface area (Å²) in [7, 11) is 0. The predicted octanol–water partition coefficient (Wildman–Crippen LogP) is 5.44. The number of aliphatic hydroxyl groups is 1. The van der Waals surface area contributed by atoms with Crippen molar-refractivity contribution in [2.75, 3.05) is 19.6 Å². The number of carbonyl (C=O) groups excluding carboxylic acids is 2. The fourth-order valence-electron chi connectivity index (χ4n) is 5.10. The van der Waals surface area contributed by atoms with Gasteiger partial charge in [0, 0.05) is 38.0 Å². The molecule has 1 atom stereocenters. The van der Waals surface area contributed by atoms with E-state index in [-0.39, 0.29) is 22.8 Å². The van der Waals surface area contributed by atoms with E-state index in [4.69, 9.17) is 0 Å². The van der Waals surface area contributed by atoms with Crippen LogP contribution in [0, 0.1) is 5.41 Å². The van der Waals surface area contributed by atoms with E-state index in [2.05, 4.69) is 51.9 Å². The van der Waals surface area contributed by atoms with Gasteiger partial charge in [-0.3, -0.25) is 14.6 Å². The highest BCUT2D eigenvalue weighted by Crippen LogP contribution is 2.27. The Kier molecular flexibility index (Phi) is 12.4. The number of nitrogens with zero attached hydrogens (tertiary/aromatic N) is 2. The third-order valence-corrected chi connectivity index (χ3v) is 6.41. The molecule has 2 N–H and O–H groups in total. The zero-order valence-electron chi connectivity index (χ0n) is 22.8. The normalized spacial score (nSPS) is 17.5. The first-order chi connectivity index (χ1) is 15.2. The fourth-order valence-corrected chi connectivity index (χ4v) is 5.10. The number of unbranched alkanes of at least 4 members (excludes halogenated alkanes) is 5. The van der Waals surface area contributed by atoms with E-state index in [0.29, 0.717) is 25.8 Å². The number of nitrogens with one attached hydrogen (secondary N) is 1. The monoisotopic (exact) mass is 467 g/mol. The molecule has 0 aromatic rings. The number of amides is 2.